The highest BCUT2D eigenvalue weighted by molar-refractivity contribution is 7.81. The maximum absolute atomic E-state index is 12.2. The summed E-state index contributed by atoms with van der Waals surface area (Å²) in [5, 5.41) is 0. The van der Waals surface area contributed by atoms with Gasteiger partial charge in [-0.1, -0.05) is 63.1 Å². The van der Waals surface area contributed by atoms with Gasteiger partial charge in [-0.15, -0.1) is 0 Å². The quantitative estimate of drug-likeness (QED) is 0.597. The van der Waals surface area contributed by atoms with E-state index >= 15 is 0 Å². The fourth-order valence-electron chi connectivity index (χ4n) is 2.87. The Kier molecular flexibility index (Phi) is 7.47. The number of para-hydroxylation sites is 2. The van der Waals surface area contributed by atoms with E-state index < -0.39 is 11.3 Å². The summed E-state index contributed by atoms with van der Waals surface area (Å²) in [6.45, 7) is 4.31. The van der Waals surface area contributed by atoms with Gasteiger partial charge in [0, 0.05) is 0 Å². The van der Waals surface area contributed by atoms with Crippen molar-refractivity contribution in [2.24, 2.45) is 0 Å². The largest absolute Gasteiger partial charge is 0.289 e. The lowest BCUT2D eigenvalue weighted by molar-refractivity contribution is 0.564. The van der Waals surface area contributed by atoms with Crippen LogP contribution in [0.4, 0.5) is 11.4 Å². The van der Waals surface area contributed by atoms with Crippen molar-refractivity contribution in [3.8, 4) is 0 Å². The molecule has 0 bridgehead atoms. The molecule has 0 saturated carbocycles. The molecule has 4 heteroatoms. The monoisotopic (exact) mass is 345 g/mol. The Morgan fingerprint density at radius 1 is 0.833 bits per heavy atom. The second-order valence-corrected chi connectivity index (χ2v) is 6.82. The number of benzene rings is 2. The van der Waals surface area contributed by atoms with Gasteiger partial charge in [-0.3, -0.25) is 4.55 Å². The minimum absolute atomic E-state index is 0.829. The molecule has 2 rings (SSSR count). The molecule has 0 aliphatic heterocycles. The number of rotatable bonds is 9. The van der Waals surface area contributed by atoms with Crippen molar-refractivity contribution in [1.82, 2.24) is 0 Å². The fraction of sp³-hybridized carbons (Fsp3) is 0.400. The third-order valence-corrected chi connectivity index (χ3v) is 4.88. The first-order valence-corrected chi connectivity index (χ1v) is 9.82. The van der Waals surface area contributed by atoms with Gasteiger partial charge in [-0.2, -0.15) is 0 Å². The third-order valence-electron chi connectivity index (χ3n) is 4.18. The number of unbranched alkanes of at least 4 members (excludes halogenated alkanes) is 2. The van der Waals surface area contributed by atoms with Crippen LogP contribution in [0.5, 0.6) is 0 Å². The molecular formula is C20H27NO2S. The molecule has 3 nitrogen and oxygen atoms in total. The molecule has 1 unspecified atom stereocenters. The maximum atomic E-state index is 12.2. The van der Waals surface area contributed by atoms with Gasteiger partial charge in [0.25, 0.3) is 11.3 Å². The normalized spacial score (nSPS) is 12.1. The molecule has 0 aliphatic rings. The average Bonchev–Trinajstić information content (AvgIpc) is 2.60. The molecule has 0 amide bonds. The van der Waals surface area contributed by atoms with Crippen molar-refractivity contribution < 1.29 is 8.76 Å². The third kappa shape index (κ3) is 4.68. The molecule has 0 aliphatic carbocycles. The molecule has 0 fully saturated rings. The Labute approximate surface area is 148 Å². The van der Waals surface area contributed by atoms with E-state index in [1.165, 1.54) is 0 Å². The predicted octanol–water partition coefficient (Wildman–Crippen LogP) is 5.65. The van der Waals surface area contributed by atoms with Crippen LogP contribution in [0.2, 0.25) is 0 Å². The lowest BCUT2D eigenvalue weighted by Gasteiger charge is -2.25. The van der Waals surface area contributed by atoms with E-state index in [-0.39, 0.29) is 0 Å². The molecule has 2 aromatic carbocycles. The molecule has 130 valence electrons. The van der Waals surface area contributed by atoms with Crippen LogP contribution >= 0.6 is 0 Å². The smallest absolute Gasteiger partial charge is 0.266 e. The molecule has 0 spiro atoms. The van der Waals surface area contributed by atoms with E-state index in [4.69, 9.17) is 0 Å². The lowest BCUT2D eigenvalue weighted by atomic mass is 10.0. The highest BCUT2D eigenvalue weighted by Crippen LogP contribution is 2.33. The van der Waals surface area contributed by atoms with Crippen LogP contribution < -0.4 is 4.31 Å². The SMILES string of the molecule is CCCCc1ccccc1N(c1ccccc1CCCC)S(=O)O. The first-order valence-electron chi connectivity index (χ1n) is 8.76. The second-order valence-electron chi connectivity index (χ2n) is 5.99. The minimum atomic E-state index is -2.10. The molecule has 1 atom stereocenters. The van der Waals surface area contributed by atoms with E-state index in [2.05, 4.69) is 26.0 Å². The topological polar surface area (TPSA) is 40.5 Å². The molecule has 24 heavy (non-hydrogen) atoms. The molecule has 0 radical (unpaired) electrons. The standard InChI is InChI=1S/C20H27NO2S/c1-3-5-11-17-13-7-9-15-19(17)21(24(22)23)20-16-10-8-14-18(20)12-6-4-2/h7-10,13-16H,3-6,11-12H2,1-2H3,(H,22,23). The van der Waals surface area contributed by atoms with Crippen LogP contribution in [-0.4, -0.2) is 8.76 Å². The van der Waals surface area contributed by atoms with Crippen LogP contribution in [0.25, 0.3) is 0 Å². The van der Waals surface area contributed by atoms with E-state index in [9.17, 15) is 8.76 Å². The van der Waals surface area contributed by atoms with E-state index in [0.29, 0.717) is 0 Å². The molecule has 0 heterocycles. The van der Waals surface area contributed by atoms with Gasteiger partial charge in [-0.25, -0.2) is 8.51 Å². The zero-order valence-electron chi connectivity index (χ0n) is 14.6. The van der Waals surface area contributed by atoms with Gasteiger partial charge in [0.05, 0.1) is 11.4 Å². The van der Waals surface area contributed by atoms with Gasteiger partial charge in [0.15, 0.2) is 0 Å². The summed E-state index contributed by atoms with van der Waals surface area (Å²) in [6.07, 6.45) is 6.17. The summed E-state index contributed by atoms with van der Waals surface area (Å²) in [5.74, 6) is 0. The van der Waals surface area contributed by atoms with Gasteiger partial charge in [0.1, 0.15) is 0 Å². The van der Waals surface area contributed by atoms with Crippen molar-refractivity contribution in [3.05, 3.63) is 59.7 Å². The van der Waals surface area contributed by atoms with Gasteiger partial charge in [0.2, 0.25) is 0 Å². The fourth-order valence-corrected chi connectivity index (χ4v) is 3.57. The number of hydrogen-bond acceptors (Lipinski definition) is 1. The number of aryl methyl sites for hydroxylation is 2. The van der Waals surface area contributed by atoms with Crippen LogP contribution in [0.15, 0.2) is 48.5 Å². The zero-order valence-corrected chi connectivity index (χ0v) is 15.4. The number of anilines is 2. The minimum Gasteiger partial charge on any atom is -0.289 e. The summed E-state index contributed by atoms with van der Waals surface area (Å²) >= 11 is -2.10. The Morgan fingerprint density at radius 2 is 1.25 bits per heavy atom. The van der Waals surface area contributed by atoms with Crippen molar-refractivity contribution in [1.29, 1.82) is 0 Å². The Hall–Kier alpha value is -1.65. The van der Waals surface area contributed by atoms with Crippen LogP contribution in [-0.2, 0) is 24.1 Å². The Balaban J connectivity index is 2.46. The Morgan fingerprint density at radius 3 is 1.62 bits per heavy atom. The molecule has 0 saturated heterocycles. The number of hydrogen-bond donors (Lipinski definition) is 1. The molecular weight excluding hydrogens is 318 g/mol. The predicted molar refractivity (Wildman–Crippen MR) is 103 cm³/mol. The van der Waals surface area contributed by atoms with Gasteiger partial charge >= 0.3 is 0 Å². The summed E-state index contributed by atoms with van der Waals surface area (Å²) in [5.41, 5.74) is 3.89. The van der Waals surface area contributed by atoms with E-state index in [0.717, 1.165) is 61.0 Å². The summed E-state index contributed by atoms with van der Waals surface area (Å²) in [4.78, 5) is 0. The summed E-state index contributed by atoms with van der Waals surface area (Å²) in [7, 11) is 0. The first-order chi connectivity index (χ1) is 11.7. The molecule has 0 aromatic heterocycles. The first kappa shape index (κ1) is 18.7. The zero-order chi connectivity index (χ0) is 17.4. The van der Waals surface area contributed by atoms with Crippen LogP contribution in [0.1, 0.15) is 50.7 Å². The second kappa shape index (κ2) is 9.60. The van der Waals surface area contributed by atoms with Crippen molar-refractivity contribution in [2.75, 3.05) is 4.31 Å². The van der Waals surface area contributed by atoms with E-state index in [1.54, 1.807) is 4.31 Å². The van der Waals surface area contributed by atoms with Crippen LogP contribution in [0, 0.1) is 0 Å². The van der Waals surface area contributed by atoms with Gasteiger partial charge < -0.3 is 0 Å². The summed E-state index contributed by atoms with van der Waals surface area (Å²) in [6, 6.07) is 15.8. The van der Waals surface area contributed by atoms with Crippen LogP contribution in [0.3, 0.4) is 0 Å². The number of nitrogens with zero attached hydrogens (tertiary/aromatic N) is 1. The van der Waals surface area contributed by atoms with Gasteiger partial charge in [-0.05, 0) is 48.9 Å². The van der Waals surface area contributed by atoms with Crippen molar-refractivity contribution >= 4 is 22.6 Å². The molecule has 1 N–H and O–H groups in total. The maximum Gasteiger partial charge on any atom is 0.266 e. The van der Waals surface area contributed by atoms with Crippen molar-refractivity contribution in [3.63, 3.8) is 0 Å². The average molecular weight is 346 g/mol. The lowest BCUT2D eigenvalue weighted by Crippen LogP contribution is -2.22. The summed E-state index contributed by atoms with van der Waals surface area (Å²) < 4.78 is 23.8. The highest BCUT2D eigenvalue weighted by Gasteiger charge is 2.20. The van der Waals surface area contributed by atoms with E-state index in [1.807, 2.05) is 36.4 Å². The Bertz CT molecular complexity index is 621. The highest BCUT2D eigenvalue weighted by atomic mass is 32.2. The van der Waals surface area contributed by atoms with Crippen molar-refractivity contribution in [2.45, 2.75) is 52.4 Å². The molecule has 2 aromatic rings.